The molecule has 3 atom stereocenters. The first-order valence-corrected chi connectivity index (χ1v) is 14.1. The summed E-state index contributed by atoms with van der Waals surface area (Å²) in [5.74, 6) is 3.04. The second-order valence-electron chi connectivity index (χ2n) is 10.3. The number of aromatic nitrogens is 2. The Morgan fingerprint density at radius 3 is 2.76 bits per heavy atom. The van der Waals surface area contributed by atoms with E-state index in [0.29, 0.717) is 18.1 Å². The van der Waals surface area contributed by atoms with E-state index in [2.05, 4.69) is 64.5 Å². The van der Waals surface area contributed by atoms with E-state index in [4.69, 9.17) is 14.3 Å². The molecule has 8 rings (SSSR count). The van der Waals surface area contributed by atoms with Gasteiger partial charge < -0.3 is 15.1 Å². The van der Waals surface area contributed by atoms with E-state index >= 15 is 0 Å². The molecule has 3 unspecified atom stereocenters. The minimum Gasteiger partial charge on any atom is -0.350 e. The van der Waals surface area contributed by atoms with E-state index in [9.17, 15) is 0 Å². The van der Waals surface area contributed by atoms with Gasteiger partial charge in [-0.1, -0.05) is 40.5 Å². The van der Waals surface area contributed by atoms with Crippen molar-refractivity contribution < 1.29 is 0 Å². The molecule has 34 heavy (non-hydrogen) atoms. The van der Waals surface area contributed by atoms with Crippen LogP contribution in [0.5, 0.6) is 0 Å². The van der Waals surface area contributed by atoms with Crippen LogP contribution in [-0.4, -0.2) is 53.5 Å². The van der Waals surface area contributed by atoms with Gasteiger partial charge in [0.2, 0.25) is 5.95 Å². The third kappa shape index (κ3) is 3.79. The topological polar surface area (TPSA) is 56.7 Å². The van der Waals surface area contributed by atoms with Gasteiger partial charge in [-0.25, -0.2) is 4.98 Å². The molecule has 2 aromatic carbocycles. The van der Waals surface area contributed by atoms with E-state index in [1.165, 1.54) is 47.1 Å². The first kappa shape index (κ1) is 20.8. The zero-order chi connectivity index (χ0) is 22.6. The molecule has 0 amide bonds. The molecule has 176 valence electrons. The summed E-state index contributed by atoms with van der Waals surface area (Å²) in [6.07, 6.45) is 5.04. The van der Waals surface area contributed by atoms with Crippen LogP contribution in [0.2, 0.25) is 0 Å². The highest BCUT2D eigenvalue weighted by Crippen LogP contribution is 2.35. The molecule has 3 aromatic rings. The third-order valence-corrected chi connectivity index (χ3v) is 9.72. The van der Waals surface area contributed by atoms with Crippen LogP contribution in [0.3, 0.4) is 0 Å². The van der Waals surface area contributed by atoms with Crippen molar-refractivity contribution in [3.63, 3.8) is 0 Å². The Hall–Kier alpha value is -2.51. The smallest absolute Gasteiger partial charge is 0.228 e. The van der Waals surface area contributed by atoms with Crippen molar-refractivity contribution in [1.29, 1.82) is 0 Å². The summed E-state index contributed by atoms with van der Waals surface area (Å²) in [4.78, 5) is 16.8. The average Bonchev–Trinajstić information content (AvgIpc) is 3.72. The minimum atomic E-state index is -0.0312. The van der Waals surface area contributed by atoms with Crippen molar-refractivity contribution in [3.8, 4) is 0 Å². The fraction of sp³-hybridized carbons (Fsp3) is 0.481. The Morgan fingerprint density at radius 1 is 1.06 bits per heavy atom. The van der Waals surface area contributed by atoms with Crippen LogP contribution >= 0.6 is 0 Å². The molecule has 3 saturated heterocycles. The lowest BCUT2D eigenvalue weighted by molar-refractivity contribution is 0.289. The van der Waals surface area contributed by atoms with Crippen LogP contribution in [0.25, 0.3) is 10.9 Å². The number of piperazine rings is 1. The lowest BCUT2D eigenvalue weighted by Gasteiger charge is -2.47. The molecule has 6 nitrogen and oxygen atoms in total. The molecule has 1 aromatic heterocycles. The highest BCUT2D eigenvalue weighted by molar-refractivity contribution is 7.87. The summed E-state index contributed by atoms with van der Waals surface area (Å²) in [6, 6.07) is 17.2. The standard InChI is InChI=1S/C27H32N6S/c1-18-6-11-24-23(14-18)26(33-17-21-9-10-22(33)15-28-21)30-27(29-24)32-12-13-34(31-20-7-8-20)25-5-3-2-4-19(25)16-32/h2-6,11,14,20-22,28H,7-10,12-13,15-17H2,1H3. The second kappa shape index (κ2) is 8.31. The van der Waals surface area contributed by atoms with Crippen molar-refractivity contribution in [2.75, 3.05) is 35.2 Å². The van der Waals surface area contributed by atoms with Crippen LogP contribution < -0.4 is 15.1 Å². The molecule has 7 heteroatoms. The number of aryl methyl sites for hydroxylation is 1. The first-order chi connectivity index (χ1) is 16.7. The molecule has 1 aliphatic carbocycles. The molecule has 0 spiro atoms. The zero-order valence-corrected chi connectivity index (χ0v) is 20.6. The van der Waals surface area contributed by atoms with Gasteiger partial charge in [-0.15, -0.1) is 0 Å². The van der Waals surface area contributed by atoms with Crippen LogP contribution in [0.1, 0.15) is 36.8 Å². The van der Waals surface area contributed by atoms with Crippen molar-refractivity contribution in [3.05, 3.63) is 53.6 Å². The average molecular weight is 473 g/mol. The molecule has 1 N–H and O–H groups in total. The Kier molecular flexibility index (Phi) is 5.09. The Bertz CT molecular complexity index is 1280. The Morgan fingerprint density at radius 2 is 1.97 bits per heavy atom. The highest BCUT2D eigenvalue weighted by atomic mass is 32.2. The van der Waals surface area contributed by atoms with E-state index in [1.807, 2.05) is 0 Å². The van der Waals surface area contributed by atoms with Crippen LogP contribution in [0.4, 0.5) is 11.8 Å². The zero-order valence-electron chi connectivity index (χ0n) is 19.8. The normalized spacial score (nSPS) is 26.7. The second-order valence-corrected chi connectivity index (χ2v) is 12.1. The number of hydrogen-bond acceptors (Lipinski definition) is 6. The number of rotatable bonds is 3. The van der Waals surface area contributed by atoms with Gasteiger partial charge in [-0.2, -0.15) is 4.98 Å². The highest BCUT2D eigenvalue weighted by Gasteiger charge is 2.35. The quantitative estimate of drug-likeness (QED) is 0.619. The number of nitrogens with zero attached hydrogens (tertiary/aromatic N) is 5. The number of piperidine rings is 2. The Labute approximate surface area is 203 Å². The molecule has 4 fully saturated rings. The minimum absolute atomic E-state index is 0.0312. The van der Waals surface area contributed by atoms with Gasteiger partial charge in [0, 0.05) is 54.3 Å². The number of nitrogens with one attached hydrogen (secondary N) is 1. The number of fused-ring (bicyclic) bond motifs is 5. The maximum absolute atomic E-state index is 5.31. The summed E-state index contributed by atoms with van der Waals surface area (Å²) in [5.41, 5.74) is 3.70. The van der Waals surface area contributed by atoms with Gasteiger partial charge in [0.25, 0.3) is 0 Å². The van der Waals surface area contributed by atoms with E-state index < -0.39 is 0 Å². The summed E-state index contributed by atoms with van der Waals surface area (Å²) in [5, 5.41) is 4.89. The van der Waals surface area contributed by atoms with Gasteiger partial charge in [0.05, 0.1) is 11.6 Å². The molecule has 5 aliphatic rings. The fourth-order valence-corrected chi connectivity index (χ4v) is 7.71. The van der Waals surface area contributed by atoms with Gasteiger partial charge >= 0.3 is 0 Å². The summed E-state index contributed by atoms with van der Waals surface area (Å²) in [6.45, 7) is 6.05. The van der Waals surface area contributed by atoms with Gasteiger partial charge in [0.1, 0.15) is 5.82 Å². The fourth-order valence-electron chi connectivity index (χ4n) is 5.64. The molecule has 2 bridgehead atoms. The number of benzene rings is 2. The number of anilines is 2. The maximum atomic E-state index is 5.31. The largest absolute Gasteiger partial charge is 0.350 e. The van der Waals surface area contributed by atoms with Gasteiger partial charge in [0.15, 0.2) is 0 Å². The van der Waals surface area contributed by atoms with E-state index in [0.717, 1.165) is 49.2 Å². The SMILES string of the molecule is Cc1ccc2nc(N3CCS(=NC4CC4)c4ccccc4C3)nc(N3CC4CCC3CN4)c2c1. The van der Waals surface area contributed by atoms with Crippen molar-refractivity contribution >= 4 is 33.4 Å². The predicted octanol–water partition coefficient (Wildman–Crippen LogP) is 4.22. The van der Waals surface area contributed by atoms with Crippen LogP contribution in [0, 0.1) is 6.92 Å². The lowest BCUT2D eigenvalue weighted by Crippen LogP contribution is -2.61. The van der Waals surface area contributed by atoms with E-state index in [1.54, 1.807) is 0 Å². The molecule has 0 radical (unpaired) electrons. The van der Waals surface area contributed by atoms with Gasteiger partial charge in [-0.05, 0) is 56.4 Å². The number of hydrogen-bond donors (Lipinski definition) is 1. The van der Waals surface area contributed by atoms with Gasteiger partial charge in [-0.3, -0.25) is 4.36 Å². The van der Waals surface area contributed by atoms with Crippen molar-refractivity contribution in [1.82, 2.24) is 15.3 Å². The Balaban J connectivity index is 1.31. The van der Waals surface area contributed by atoms with Crippen molar-refractivity contribution in [2.24, 2.45) is 4.36 Å². The van der Waals surface area contributed by atoms with E-state index in [-0.39, 0.29) is 10.7 Å². The molecular formula is C27H32N6S. The molecule has 5 heterocycles. The monoisotopic (exact) mass is 472 g/mol. The maximum Gasteiger partial charge on any atom is 0.228 e. The lowest BCUT2D eigenvalue weighted by atomic mass is 9.92. The summed E-state index contributed by atoms with van der Waals surface area (Å²) < 4.78 is 5.20. The summed E-state index contributed by atoms with van der Waals surface area (Å²) >= 11 is 0. The molecular weight excluding hydrogens is 440 g/mol. The summed E-state index contributed by atoms with van der Waals surface area (Å²) in [7, 11) is -0.0312. The third-order valence-electron chi connectivity index (χ3n) is 7.69. The van der Waals surface area contributed by atoms with Crippen molar-refractivity contribution in [2.45, 2.75) is 62.2 Å². The predicted molar refractivity (Wildman–Crippen MR) is 140 cm³/mol. The first-order valence-electron chi connectivity index (χ1n) is 12.7. The molecule has 4 aliphatic heterocycles. The molecule has 1 saturated carbocycles. The van der Waals surface area contributed by atoms with Crippen LogP contribution in [0.15, 0.2) is 51.7 Å². The van der Waals surface area contributed by atoms with Crippen LogP contribution in [-0.2, 0) is 17.2 Å².